The van der Waals surface area contributed by atoms with Gasteiger partial charge >= 0.3 is 0 Å². The van der Waals surface area contributed by atoms with Gasteiger partial charge in [0.1, 0.15) is 11.6 Å². The first kappa shape index (κ1) is 26.9. The Labute approximate surface area is 235 Å². The van der Waals surface area contributed by atoms with Gasteiger partial charge in [-0.15, -0.1) is 0 Å². The summed E-state index contributed by atoms with van der Waals surface area (Å²) in [6.45, 7) is 2.25. The maximum absolute atomic E-state index is 15.4. The molecule has 0 saturated carbocycles. The number of carbonyl (C=O) groups is 1. The third-order valence-corrected chi connectivity index (χ3v) is 7.75. The van der Waals surface area contributed by atoms with E-state index < -0.39 is 11.9 Å². The highest BCUT2D eigenvalue weighted by atomic mass is 19.1. The van der Waals surface area contributed by atoms with E-state index >= 15 is 4.39 Å². The van der Waals surface area contributed by atoms with Crippen LogP contribution in [-0.2, 0) is 0 Å². The van der Waals surface area contributed by atoms with Crippen LogP contribution in [0.5, 0.6) is 0 Å². The number of piperidine rings is 2. The van der Waals surface area contributed by atoms with Gasteiger partial charge in [-0.3, -0.25) is 9.59 Å². The van der Waals surface area contributed by atoms with Gasteiger partial charge in [0.25, 0.3) is 11.5 Å². The monoisotopic (exact) mass is 558 g/mol. The van der Waals surface area contributed by atoms with Gasteiger partial charge in [-0.1, -0.05) is 0 Å². The minimum absolute atomic E-state index is 0.182. The van der Waals surface area contributed by atoms with Crippen LogP contribution in [0.4, 0.5) is 21.6 Å². The smallest absolute Gasteiger partial charge is 0.259 e. The largest absolute Gasteiger partial charge is 0.393 e. The lowest BCUT2D eigenvalue weighted by atomic mass is 10.0. The molecule has 6 rings (SSSR count). The Balaban J connectivity index is 1.30. The molecule has 41 heavy (non-hydrogen) atoms. The molecule has 1 atom stereocenters. The molecule has 212 valence electrons. The zero-order valence-corrected chi connectivity index (χ0v) is 22.4. The summed E-state index contributed by atoms with van der Waals surface area (Å²) in [4.78, 5) is 41.1. The number of nitrogens with one attached hydrogen (secondary N) is 2. The average Bonchev–Trinajstić information content (AvgIpc) is 2.97. The maximum Gasteiger partial charge on any atom is 0.259 e. The number of H-pyrrole nitrogens is 1. The van der Waals surface area contributed by atoms with Crippen LogP contribution in [0.2, 0.25) is 0 Å². The number of aliphatic hydroxyl groups excluding tert-OH is 2. The lowest BCUT2D eigenvalue weighted by molar-refractivity contribution is 0.0473. The van der Waals surface area contributed by atoms with E-state index in [-0.39, 0.29) is 35.2 Å². The van der Waals surface area contributed by atoms with Crippen molar-refractivity contribution in [2.75, 3.05) is 36.4 Å². The molecule has 0 spiro atoms. The number of anilines is 3. The van der Waals surface area contributed by atoms with Crippen molar-refractivity contribution in [2.45, 2.75) is 37.9 Å². The Morgan fingerprint density at radius 3 is 2.59 bits per heavy atom. The fourth-order valence-electron chi connectivity index (χ4n) is 5.52. The SMILES string of the molecule is O=C(c1ccc(-c2cc(Nc3ccc(N4CCC(O)CC4)cn3)c3c(=O)[nH]ccc3n2)c(F)c1)N1CCCC(O)C1. The molecule has 11 heteroatoms. The number of aliphatic hydroxyl groups is 2. The Hall–Kier alpha value is -4.35. The summed E-state index contributed by atoms with van der Waals surface area (Å²) in [5, 5.41) is 23.2. The fourth-order valence-corrected chi connectivity index (χ4v) is 5.52. The zero-order chi connectivity index (χ0) is 28.5. The third kappa shape index (κ3) is 5.63. The first-order valence-corrected chi connectivity index (χ1v) is 13.8. The number of aromatic nitrogens is 3. The quantitative estimate of drug-likeness (QED) is 0.293. The molecule has 2 aliphatic rings. The molecule has 2 fully saturated rings. The Morgan fingerprint density at radius 2 is 1.85 bits per heavy atom. The number of benzene rings is 1. The Bertz CT molecular complexity index is 1630. The molecular formula is C30H31FN6O4. The third-order valence-electron chi connectivity index (χ3n) is 7.75. The van der Waals surface area contributed by atoms with Crippen molar-refractivity contribution in [3.05, 3.63) is 76.6 Å². The van der Waals surface area contributed by atoms with Gasteiger partial charge in [-0.05, 0) is 68.1 Å². The van der Waals surface area contributed by atoms with Crippen molar-refractivity contribution in [1.29, 1.82) is 0 Å². The van der Waals surface area contributed by atoms with Crippen molar-refractivity contribution in [3.63, 3.8) is 0 Å². The summed E-state index contributed by atoms with van der Waals surface area (Å²) in [5.41, 5.74) is 2.05. The molecular weight excluding hydrogens is 527 g/mol. The van der Waals surface area contributed by atoms with Crippen LogP contribution < -0.4 is 15.8 Å². The normalized spacial score (nSPS) is 18.1. The second kappa shape index (κ2) is 11.3. The molecule has 10 nitrogen and oxygen atoms in total. The Kier molecular flexibility index (Phi) is 7.38. The number of aromatic amines is 1. The summed E-state index contributed by atoms with van der Waals surface area (Å²) >= 11 is 0. The second-order valence-electron chi connectivity index (χ2n) is 10.6. The number of β-amino-alcohol motifs (C(OH)–C–C–N with tert-alkyl or cyclic N) is 1. The fraction of sp³-hybridized carbons (Fsp3) is 0.333. The van der Waals surface area contributed by atoms with Crippen molar-refractivity contribution in [3.8, 4) is 11.3 Å². The van der Waals surface area contributed by atoms with Crippen molar-refractivity contribution in [2.24, 2.45) is 0 Å². The molecule has 4 N–H and O–H groups in total. The molecule has 3 aromatic heterocycles. The molecule has 4 aromatic rings. The molecule has 0 bridgehead atoms. The predicted octanol–water partition coefficient (Wildman–Crippen LogP) is 3.43. The van der Waals surface area contributed by atoms with Crippen LogP contribution in [0.1, 0.15) is 36.0 Å². The first-order valence-electron chi connectivity index (χ1n) is 13.8. The van der Waals surface area contributed by atoms with E-state index in [2.05, 4.69) is 25.2 Å². The number of halogens is 1. The number of carbonyl (C=O) groups excluding carboxylic acids is 1. The van der Waals surface area contributed by atoms with E-state index in [0.717, 1.165) is 18.8 Å². The number of nitrogens with zero attached hydrogens (tertiary/aromatic N) is 4. The summed E-state index contributed by atoms with van der Waals surface area (Å²) in [6.07, 6.45) is 5.15. The van der Waals surface area contributed by atoms with Crippen LogP contribution in [-0.4, -0.2) is 74.4 Å². The summed E-state index contributed by atoms with van der Waals surface area (Å²) in [6, 6.07) is 11.2. The zero-order valence-electron chi connectivity index (χ0n) is 22.4. The van der Waals surface area contributed by atoms with Gasteiger partial charge in [0.2, 0.25) is 0 Å². The van der Waals surface area contributed by atoms with Gasteiger partial charge in [0, 0.05) is 43.5 Å². The molecule has 1 amide bonds. The summed E-state index contributed by atoms with van der Waals surface area (Å²) in [7, 11) is 0. The molecule has 1 unspecified atom stereocenters. The van der Waals surface area contributed by atoms with Crippen molar-refractivity contribution >= 4 is 34.0 Å². The molecule has 0 aliphatic carbocycles. The van der Waals surface area contributed by atoms with Gasteiger partial charge in [-0.25, -0.2) is 14.4 Å². The molecule has 0 radical (unpaired) electrons. The van der Waals surface area contributed by atoms with E-state index in [1.807, 2.05) is 12.1 Å². The van der Waals surface area contributed by atoms with E-state index in [4.69, 9.17) is 0 Å². The van der Waals surface area contributed by atoms with Crippen molar-refractivity contribution in [1.82, 2.24) is 19.9 Å². The van der Waals surface area contributed by atoms with E-state index in [0.29, 0.717) is 60.3 Å². The summed E-state index contributed by atoms with van der Waals surface area (Å²) in [5.74, 6) is -0.451. The minimum atomic E-state index is -0.620. The van der Waals surface area contributed by atoms with Gasteiger partial charge < -0.3 is 30.3 Å². The standard InChI is InChI=1S/C30H31FN6O4/c31-23-14-18(30(41)37-11-1-2-21(39)17-37)3-5-22(23)25-15-26(28-24(34-25)7-10-32-29(28)40)35-27-6-4-19(16-33-27)36-12-8-20(38)9-13-36/h3-7,10,14-16,20-21,38-39H,1-2,8-9,11-13,17H2,(H,32,40)(H,33,34,35). The second-order valence-corrected chi connectivity index (χ2v) is 10.6. The van der Waals surface area contributed by atoms with Crippen LogP contribution in [0, 0.1) is 5.82 Å². The number of pyridine rings is 3. The van der Waals surface area contributed by atoms with Crippen LogP contribution >= 0.6 is 0 Å². The molecule has 5 heterocycles. The maximum atomic E-state index is 15.4. The minimum Gasteiger partial charge on any atom is -0.393 e. The average molecular weight is 559 g/mol. The molecule has 1 aromatic carbocycles. The van der Waals surface area contributed by atoms with Gasteiger partial charge in [0.05, 0.1) is 46.4 Å². The van der Waals surface area contributed by atoms with Gasteiger partial charge in [0.15, 0.2) is 0 Å². The lowest BCUT2D eigenvalue weighted by Gasteiger charge is -2.31. The number of hydrogen-bond acceptors (Lipinski definition) is 8. The van der Waals surface area contributed by atoms with Gasteiger partial charge in [-0.2, -0.15) is 0 Å². The predicted molar refractivity (Wildman–Crippen MR) is 154 cm³/mol. The molecule has 2 saturated heterocycles. The number of amides is 1. The molecule has 2 aliphatic heterocycles. The highest BCUT2D eigenvalue weighted by Gasteiger charge is 2.24. The van der Waals surface area contributed by atoms with Crippen molar-refractivity contribution < 1.29 is 19.4 Å². The van der Waals surface area contributed by atoms with E-state index in [1.54, 1.807) is 24.4 Å². The number of likely N-dealkylation sites (tertiary alicyclic amines) is 1. The highest BCUT2D eigenvalue weighted by Crippen LogP contribution is 2.31. The first-order chi connectivity index (χ1) is 19.9. The Morgan fingerprint density at radius 1 is 1.02 bits per heavy atom. The lowest BCUT2D eigenvalue weighted by Crippen LogP contribution is -2.42. The summed E-state index contributed by atoms with van der Waals surface area (Å²) < 4.78 is 15.4. The number of rotatable bonds is 5. The highest BCUT2D eigenvalue weighted by molar-refractivity contribution is 5.96. The van der Waals surface area contributed by atoms with E-state index in [1.165, 1.54) is 23.2 Å². The number of hydrogen-bond donors (Lipinski definition) is 4. The van der Waals surface area contributed by atoms with Crippen LogP contribution in [0.25, 0.3) is 22.2 Å². The van der Waals surface area contributed by atoms with Crippen LogP contribution in [0.15, 0.2) is 59.7 Å². The van der Waals surface area contributed by atoms with Crippen LogP contribution in [0.3, 0.4) is 0 Å². The topological polar surface area (TPSA) is 135 Å². The number of fused-ring (bicyclic) bond motifs is 1. The van der Waals surface area contributed by atoms with E-state index in [9.17, 15) is 19.8 Å².